The van der Waals surface area contributed by atoms with Crippen LogP contribution in [0.2, 0.25) is 0 Å². The van der Waals surface area contributed by atoms with Gasteiger partial charge in [0.25, 0.3) is 0 Å². The summed E-state index contributed by atoms with van der Waals surface area (Å²) < 4.78 is 1.12. The minimum atomic E-state index is 0.131. The van der Waals surface area contributed by atoms with Crippen molar-refractivity contribution in [3.05, 3.63) is 34.3 Å². The smallest absolute Gasteiger partial charge is 0.0494 e. The normalized spacial score (nSPS) is 14.9. The standard InChI is InChI=1S/C14H23BrN2/c1-4-5-9-17(3)14(11(2)16)12-7-6-8-13(15)10-12/h6-8,10-11,14H,4-5,9,16H2,1-3H3. The number of halogens is 1. The van der Waals surface area contributed by atoms with Crippen LogP contribution in [0.15, 0.2) is 28.7 Å². The van der Waals surface area contributed by atoms with E-state index in [1.165, 1.54) is 18.4 Å². The molecule has 3 heteroatoms. The Kier molecular flexibility index (Phi) is 6.17. The zero-order valence-electron chi connectivity index (χ0n) is 11.0. The van der Waals surface area contributed by atoms with Crippen LogP contribution in [0, 0.1) is 0 Å². The maximum atomic E-state index is 6.13. The highest BCUT2D eigenvalue weighted by Gasteiger charge is 2.20. The third-order valence-corrected chi connectivity index (χ3v) is 3.52. The molecule has 1 aromatic rings. The molecule has 2 atom stereocenters. The second-order valence-electron chi connectivity index (χ2n) is 4.69. The van der Waals surface area contributed by atoms with Crippen LogP contribution in [0.5, 0.6) is 0 Å². The van der Waals surface area contributed by atoms with E-state index in [0.29, 0.717) is 6.04 Å². The second kappa shape index (κ2) is 7.14. The number of hydrogen-bond donors (Lipinski definition) is 1. The summed E-state index contributed by atoms with van der Waals surface area (Å²) in [5.74, 6) is 0. The number of benzene rings is 1. The first kappa shape index (κ1) is 14.7. The molecule has 0 bridgehead atoms. The molecule has 2 unspecified atom stereocenters. The lowest BCUT2D eigenvalue weighted by molar-refractivity contribution is 0.216. The molecule has 0 aliphatic carbocycles. The van der Waals surface area contributed by atoms with Crippen molar-refractivity contribution in [3.63, 3.8) is 0 Å². The Morgan fingerprint density at radius 3 is 2.65 bits per heavy atom. The maximum Gasteiger partial charge on any atom is 0.0494 e. The van der Waals surface area contributed by atoms with Gasteiger partial charge < -0.3 is 5.73 Å². The molecule has 0 aliphatic rings. The van der Waals surface area contributed by atoms with Crippen LogP contribution < -0.4 is 5.73 Å². The van der Waals surface area contributed by atoms with Gasteiger partial charge in [0.15, 0.2) is 0 Å². The second-order valence-corrected chi connectivity index (χ2v) is 5.61. The summed E-state index contributed by atoms with van der Waals surface area (Å²) >= 11 is 3.52. The van der Waals surface area contributed by atoms with E-state index in [9.17, 15) is 0 Å². The molecule has 2 N–H and O–H groups in total. The Morgan fingerprint density at radius 2 is 2.12 bits per heavy atom. The molecular weight excluding hydrogens is 276 g/mol. The van der Waals surface area contributed by atoms with E-state index in [1.54, 1.807) is 0 Å². The van der Waals surface area contributed by atoms with Crippen molar-refractivity contribution in [3.8, 4) is 0 Å². The fourth-order valence-corrected chi connectivity index (χ4v) is 2.61. The van der Waals surface area contributed by atoms with Crippen molar-refractivity contribution in [2.24, 2.45) is 5.73 Å². The summed E-state index contributed by atoms with van der Waals surface area (Å²) in [7, 11) is 2.16. The van der Waals surface area contributed by atoms with Crippen LogP contribution in [-0.4, -0.2) is 24.5 Å². The molecule has 0 saturated heterocycles. The van der Waals surface area contributed by atoms with Gasteiger partial charge in [0.1, 0.15) is 0 Å². The number of hydrogen-bond acceptors (Lipinski definition) is 2. The van der Waals surface area contributed by atoms with E-state index in [4.69, 9.17) is 5.73 Å². The quantitative estimate of drug-likeness (QED) is 0.870. The molecule has 0 radical (unpaired) electrons. The molecule has 0 aromatic heterocycles. The Labute approximate surface area is 113 Å². The van der Waals surface area contributed by atoms with Crippen molar-refractivity contribution < 1.29 is 0 Å². The molecule has 17 heavy (non-hydrogen) atoms. The number of nitrogens with zero attached hydrogens (tertiary/aromatic N) is 1. The zero-order valence-corrected chi connectivity index (χ0v) is 12.6. The largest absolute Gasteiger partial charge is 0.326 e. The summed E-state index contributed by atoms with van der Waals surface area (Å²) in [6.45, 7) is 5.39. The first-order valence-corrected chi connectivity index (χ1v) is 7.06. The van der Waals surface area contributed by atoms with Gasteiger partial charge in [-0.25, -0.2) is 0 Å². The van der Waals surface area contributed by atoms with Crippen LogP contribution in [0.1, 0.15) is 38.3 Å². The molecule has 1 aromatic carbocycles. The van der Waals surface area contributed by atoms with Gasteiger partial charge in [-0.05, 0) is 44.6 Å². The van der Waals surface area contributed by atoms with Gasteiger partial charge in [-0.1, -0.05) is 41.4 Å². The first-order valence-electron chi connectivity index (χ1n) is 6.27. The molecule has 0 aliphatic heterocycles. The Balaban J connectivity index is 2.85. The average Bonchev–Trinajstić information content (AvgIpc) is 2.26. The zero-order chi connectivity index (χ0) is 12.8. The van der Waals surface area contributed by atoms with Crippen LogP contribution >= 0.6 is 15.9 Å². The van der Waals surface area contributed by atoms with Crippen molar-refractivity contribution >= 4 is 15.9 Å². The molecule has 0 spiro atoms. The predicted molar refractivity (Wildman–Crippen MR) is 78.1 cm³/mol. The van der Waals surface area contributed by atoms with Crippen molar-refractivity contribution in [1.82, 2.24) is 4.90 Å². The lowest BCUT2D eigenvalue weighted by Gasteiger charge is -2.31. The van der Waals surface area contributed by atoms with Crippen molar-refractivity contribution in [2.75, 3.05) is 13.6 Å². The SMILES string of the molecule is CCCCN(C)C(c1cccc(Br)c1)C(C)N. The minimum absolute atomic E-state index is 0.131. The highest BCUT2D eigenvalue weighted by molar-refractivity contribution is 9.10. The predicted octanol–water partition coefficient (Wildman–Crippen LogP) is 3.57. The van der Waals surface area contributed by atoms with Crippen molar-refractivity contribution in [2.45, 2.75) is 38.8 Å². The van der Waals surface area contributed by atoms with Gasteiger partial charge >= 0.3 is 0 Å². The maximum absolute atomic E-state index is 6.13. The molecular formula is C14H23BrN2. The number of rotatable bonds is 6. The van der Waals surface area contributed by atoms with Gasteiger partial charge in [-0.15, -0.1) is 0 Å². The van der Waals surface area contributed by atoms with E-state index in [2.05, 4.69) is 59.9 Å². The number of unbranched alkanes of at least 4 members (excludes halogenated alkanes) is 1. The number of nitrogens with two attached hydrogens (primary N) is 1. The topological polar surface area (TPSA) is 29.3 Å². The fraction of sp³-hybridized carbons (Fsp3) is 0.571. The van der Waals surface area contributed by atoms with Crippen molar-refractivity contribution in [1.29, 1.82) is 0 Å². The van der Waals surface area contributed by atoms with E-state index < -0.39 is 0 Å². The molecule has 96 valence electrons. The van der Waals surface area contributed by atoms with Crippen LogP contribution in [0.4, 0.5) is 0 Å². The molecule has 0 heterocycles. The van der Waals surface area contributed by atoms with Gasteiger partial charge in [0.2, 0.25) is 0 Å². The minimum Gasteiger partial charge on any atom is -0.326 e. The van der Waals surface area contributed by atoms with E-state index in [-0.39, 0.29) is 6.04 Å². The third kappa shape index (κ3) is 4.41. The Bertz CT molecular complexity index is 339. The van der Waals surface area contributed by atoms with E-state index >= 15 is 0 Å². The third-order valence-electron chi connectivity index (χ3n) is 3.03. The molecule has 2 nitrogen and oxygen atoms in total. The lowest BCUT2D eigenvalue weighted by Crippen LogP contribution is -2.37. The van der Waals surface area contributed by atoms with Crippen LogP contribution in [0.25, 0.3) is 0 Å². The van der Waals surface area contributed by atoms with Gasteiger partial charge in [-0.3, -0.25) is 4.90 Å². The highest BCUT2D eigenvalue weighted by atomic mass is 79.9. The Hall–Kier alpha value is -0.380. The van der Waals surface area contributed by atoms with Crippen LogP contribution in [0.3, 0.4) is 0 Å². The number of likely N-dealkylation sites (N-methyl/N-ethyl adjacent to an activating group) is 1. The fourth-order valence-electron chi connectivity index (χ4n) is 2.20. The van der Waals surface area contributed by atoms with Gasteiger partial charge in [0.05, 0.1) is 0 Å². The molecule has 0 amide bonds. The van der Waals surface area contributed by atoms with Gasteiger partial charge in [-0.2, -0.15) is 0 Å². The summed E-state index contributed by atoms with van der Waals surface area (Å²) in [5, 5.41) is 0. The summed E-state index contributed by atoms with van der Waals surface area (Å²) in [6, 6.07) is 8.86. The highest BCUT2D eigenvalue weighted by Crippen LogP contribution is 2.25. The van der Waals surface area contributed by atoms with Gasteiger partial charge in [0, 0.05) is 16.6 Å². The molecule has 0 fully saturated rings. The lowest BCUT2D eigenvalue weighted by atomic mass is 9.99. The summed E-state index contributed by atoms with van der Waals surface area (Å²) in [5.41, 5.74) is 7.42. The first-order chi connectivity index (χ1) is 8.06. The van der Waals surface area contributed by atoms with E-state index in [0.717, 1.165) is 11.0 Å². The van der Waals surface area contributed by atoms with Crippen LogP contribution in [-0.2, 0) is 0 Å². The Morgan fingerprint density at radius 1 is 1.41 bits per heavy atom. The van der Waals surface area contributed by atoms with E-state index in [1.807, 2.05) is 6.07 Å². The average molecular weight is 299 g/mol. The summed E-state index contributed by atoms with van der Waals surface area (Å²) in [4.78, 5) is 2.36. The molecule has 0 saturated carbocycles. The summed E-state index contributed by atoms with van der Waals surface area (Å²) in [6.07, 6.45) is 2.43. The molecule has 1 rings (SSSR count). The monoisotopic (exact) mass is 298 g/mol.